The third kappa shape index (κ3) is 6.71. The number of fused-ring (bicyclic) bond motifs is 3. The molecule has 1 N–H and O–H groups in total. The van der Waals surface area contributed by atoms with Gasteiger partial charge in [-0.15, -0.1) is 0 Å². The number of rotatable bonds is 3. The number of phenols is 1. The van der Waals surface area contributed by atoms with Crippen LogP contribution in [0.25, 0.3) is 22.3 Å². The van der Waals surface area contributed by atoms with Gasteiger partial charge in [0, 0.05) is 69.7 Å². The van der Waals surface area contributed by atoms with Crippen molar-refractivity contribution in [3.05, 3.63) is 108 Å². The molecule has 10 rings (SSSR count). The lowest BCUT2D eigenvalue weighted by molar-refractivity contribution is -1.02. The van der Waals surface area contributed by atoms with Crippen LogP contribution in [-0.2, 0) is 0 Å². The van der Waals surface area contributed by atoms with E-state index in [0.717, 1.165) is 82.7 Å². The highest BCUT2D eigenvalue weighted by molar-refractivity contribution is 5.73. The Morgan fingerprint density at radius 1 is 0.545 bits per heavy atom. The zero-order chi connectivity index (χ0) is 38.5. The minimum atomic E-state index is -0.183. The second-order valence-corrected chi connectivity index (χ2v) is 18.1. The number of quaternary nitrogens is 1. The van der Waals surface area contributed by atoms with Crippen molar-refractivity contribution in [1.29, 1.82) is 0 Å². The molecular formula is C49H65N4O2+. The molecule has 292 valence electrons. The van der Waals surface area contributed by atoms with Crippen molar-refractivity contribution in [3.8, 4) is 33.8 Å². The predicted molar refractivity (Wildman–Crippen MR) is 225 cm³/mol. The zero-order valence-corrected chi connectivity index (χ0v) is 34.5. The Balaban J connectivity index is 0.000000126. The van der Waals surface area contributed by atoms with Crippen molar-refractivity contribution in [3.63, 3.8) is 0 Å². The quantitative estimate of drug-likeness (QED) is 0.212. The van der Waals surface area contributed by atoms with Gasteiger partial charge in [0.1, 0.15) is 11.5 Å². The van der Waals surface area contributed by atoms with E-state index in [-0.39, 0.29) is 11.9 Å². The summed E-state index contributed by atoms with van der Waals surface area (Å²) in [6.45, 7) is 25.9. The Bertz CT molecular complexity index is 1870. The first-order chi connectivity index (χ1) is 26.5. The van der Waals surface area contributed by atoms with Crippen LogP contribution < -0.4 is 4.74 Å². The van der Waals surface area contributed by atoms with Gasteiger partial charge in [-0.3, -0.25) is 14.3 Å². The fraction of sp³-hybridized carbons (Fsp3) is 0.510. The molecule has 5 heterocycles. The van der Waals surface area contributed by atoms with Crippen LogP contribution in [0.1, 0.15) is 84.8 Å². The molecule has 6 heteroatoms. The average Bonchev–Trinajstić information content (AvgIpc) is 3.66. The Morgan fingerprint density at radius 3 is 1.64 bits per heavy atom. The SMILES string of the molecule is CC1(C)Oc2c(-c3ccccc3)cccc2C2N3CCC[N+]21CC3.CC1C(C)C(C)C(C)C1C.Oc1c(-c2ccccc2)cccc1C1N2CCCN1CC2. The van der Waals surface area contributed by atoms with Crippen molar-refractivity contribution in [2.75, 3.05) is 52.4 Å². The molecule has 4 aromatic rings. The first-order valence-electron chi connectivity index (χ1n) is 21.4. The lowest BCUT2D eigenvalue weighted by Gasteiger charge is -2.56. The molecule has 1 saturated carbocycles. The summed E-state index contributed by atoms with van der Waals surface area (Å²) in [6.07, 6.45) is 3.22. The lowest BCUT2D eigenvalue weighted by Crippen LogP contribution is -2.68. The van der Waals surface area contributed by atoms with E-state index in [1.807, 2.05) is 24.3 Å². The van der Waals surface area contributed by atoms with Gasteiger partial charge >= 0.3 is 0 Å². The predicted octanol–water partition coefficient (Wildman–Crippen LogP) is 10.3. The van der Waals surface area contributed by atoms with Crippen LogP contribution in [0.15, 0.2) is 97.1 Å². The molecular weight excluding hydrogens is 677 g/mol. The van der Waals surface area contributed by atoms with Crippen LogP contribution in [0.3, 0.4) is 0 Å². The maximum Gasteiger partial charge on any atom is 0.239 e. The van der Waals surface area contributed by atoms with Crippen molar-refractivity contribution in [2.24, 2.45) is 29.6 Å². The first-order valence-corrected chi connectivity index (χ1v) is 21.4. The van der Waals surface area contributed by atoms with Crippen LogP contribution in [0, 0.1) is 29.6 Å². The largest absolute Gasteiger partial charge is 0.507 e. The fourth-order valence-corrected chi connectivity index (χ4v) is 11.3. The van der Waals surface area contributed by atoms with E-state index in [4.69, 9.17) is 4.74 Å². The normalized spacial score (nSPS) is 34.9. The smallest absolute Gasteiger partial charge is 0.239 e. The molecule has 0 spiro atoms. The summed E-state index contributed by atoms with van der Waals surface area (Å²) in [5.41, 5.74) is 6.72. The second kappa shape index (κ2) is 15.3. The number of aromatic hydroxyl groups is 1. The number of hydrogen-bond donors (Lipinski definition) is 1. The summed E-state index contributed by atoms with van der Waals surface area (Å²) in [5.74, 6) is 6.21. The molecule has 0 aromatic heterocycles. The summed E-state index contributed by atoms with van der Waals surface area (Å²) < 4.78 is 7.81. The summed E-state index contributed by atoms with van der Waals surface area (Å²) in [5, 5.41) is 10.8. The number of phenolic OH excluding ortho intramolecular Hbond substituents is 1. The average molecular weight is 742 g/mol. The fourth-order valence-electron chi connectivity index (χ4n) is 11.3. The van der Waals surface area contributed by atoms with Gasteiger partial charge in [-0.1, -0.05) is 126 Å². The van der Waals surface area contributed by atoms with E-state index in [1.165, 1.54) is 55.7 Å². The zero-order valence-electron chi connectivity index (χ0n) is 34.5. The van der Waals surface area contributed by atoms with Gasteiger partial charge in [-0.2, -0.15) is 0 Å². The first kappa shape index (κ1) is 38.2. The maximum absolute atomic E-state index is 10.8. The van der Waals surface area contributed by atoms with Gasteiger partial charge in [0.2, 0.25) is 5.72 Å². The van der Waals surface area contributed by atoms with Gasteiger partial charge in [0.05, 0.1) is 31.4 Å². The molecule has 0 amide bonds. The Labute approximate surface area is 331 Å². The molecule has 6 nitrogen and oxygen atoms in total. The molecule has 4 bridgehead atoms. The summed E-state index contributed by atoms with van der Waals surface area (Å²) >= 11 is 0. The van der Waals surface area contributed by atoms with E-state index in [9.17, 15) is 5.11 Å². The van der Waals surface area contributed by atoms with E-state index in [2.05, 4.69) is 136 Å². The van der Waals surface area contributed by atoms with Crippen LogP contribution in [0.4, 0.5) is 0 Å². The molecule has 1 aliphatic carbocycles. The van der Waals surface area contributed by atoms with Crippen molar-refractivity contribution in [2.45, 2.75) is 79.4 Å². The summed E-state index contributed by atoms with van der Waals surface area (Å²) in [4.78, 5) is 7.64. The van der Waals surface area contributed by atoms with Gasteiger partial charge in [-0.25, -0.2) is 4.90 Å². The monoisotopic (exact) mass is 742 g/mol. The molecule has 0 radical (unpaired) electrons. The second-order valence-electron chi connectivity index (χ2n) is 18.1. The third-order valence-electron chi connectivity index (χ3n) is 15.3. The topological polar surface area (TPSA) is 39.2 Å². The molecule has 6 aliphatic rings. The van der Waals surface area contributed by atoms with Crippen molar-refractivity contribution in [1.82, 2.24) is 14.7 Å². The molecule has 55 heavy (non-hydrogen) atoms. The molecule has 5 fully saturated rings. The number of nitrogens with zero attached hydrogens (tertiary/aromatic N) is 4. The van der Waals surface area contributed by atoms with E-state index >= 15 is 0 Å². The molecule has 5 aliphatic heterocycles. The maximum atomic E-state index is 10.8. The van der Waals surface area contributed by atoms with E-state index < -0.39 is 0 Å². The van der Waals surface area contributed by atoms with Gasteiger partial charge in [0.25, 0.3) is 0 Å². The Morgan fingerprint density at radius 2 is 1.05 bits per heavy atom. The lowest BCUT2D eigenvalue weighted by atomic mass is 9.92. The Hall–Kier alpha value is -3.68. The summed E-state index contributed by atoms with van der Waals surface area (Å²) in [7, 11) is 0. The van der Waals surface area contributed by atoms with Crippen LogP contribution in [-0.4, -0.2) is 82.4 Å². The van der Waals surface area contributed by atoms with Crippen LogP contribution in [0.2, 0.25) is 0 Å². The molecule has 5 unspecified atom stereocenters. The van der Waals surface area contributed by atoms with E-state index in [0.29, 0.717) is 11.9 Å². The molecule has 5 atom stereocenters. The highest BCUT2D eigenvalue weighted by Gasteiger charge is 2.63. The number of hydrogen-bond acceptors (Lipinski definition) is 5. The summed E-state index contributed by atoms with van der Waals surface area (Å²) in [6, 6.07) is 33.6. The van der Waals surface area contributed by atoms with Crippen LogP contribution >= 0.6 is 0 Å². The van der Waals surface area contributed by atoms with Gasteiger partial charge < -0.3 is 9.84 Å². The standard InChI is InChI=1S/C21H25N2O.C18H20N2O.C10H20/c1-21(2)23-14-7-12-22(13-15-23)20(23)18-11-6-10-17(19(18)24-21)16-8-4-3-5-9-16;21-17-15(14-6-2-1-3-7-14)8-4-9-16(17)18-19-10-5-11-20(18)13-12-19;1-6-7(2)9(4)10(5)8(6)3/h3-6,8-11,20H,7,12-15H2,1-2H3;1-4,6-9,18,21H,5,10-13H2;6-10H,1-5H3/q+1;;. The minimum Gasteiger partial charge on any atom is -0.507 e. The highest BCUT2D eigenvalue weighted by atomic mass is 16.5. The third-order valence-corrected chi connectivity index (χ3v) is 15.3. The highest BCUT2D eigenvalue weighted by Crippen LogP contribution is 2.55. The number of ether oxygens (including phenoxy) is 1. The Kier molecular flexibility index (Phi) is 10.7. The molecule has 4 aromatic carbocycles. The number of benzene rings is 4. The van der Waals surface area contributed by atoms with Crippen molar-refractivity contribution >= 4 is 0 Å². The van der Waals surface area contributed by atoms with Gasteiger partial charge in [-0.05, 0) is 53.2 Å². The molecule has 4 saturated heterocycles. The minimum absolute atomic E-state index is 0.183. The number of para-hydroxylation sites is 2. The van der Waals surface area contributed by atoms with Gasteiger partial charge in [0.15, 0.2) is 6.17 Å². The van der Waals surface area contributed by atoms with Crippen LogP contribution in [0.5, 0.6) is 11.5 Å². The van der Waals surface area contributed by atoms with E-state index in [1.54, 1.807) is 0 Å². The van der Waals surface area contributed by atoms with Crippen molar-refractivity contribution < 1.29 is 14.3 Å².